The SMILES string of the molecule is ClCCl.ClCCl.ClCCl.ClCCl.ClCCl.ClCCl.ClCCl.ClCCl.ClCCl.ClCCl.ClCCl.ClCCl.ClCCl.ClCCl.ClCCl.ClCCl.ClCCl.ClCCl.ClCCl.ClCCl.ClCCl.ClCCl.ClCCl.ClCCl.ClCCl.ClCCl.ClCCl.ClCCl.ClCCl.ClCCl.ClCCl.ClCCl.ClCCl.ClCCl.ClCCl.ClCCl.O.O.O.O.O.O. The van der Waals surface area contributed by atoms with Gasteiger partial charge in [-0.05, 0) is 0 Å². The van der Waals surface area contributed by atoms with Crippen LogP contribution in [0.15, 0.2) is 0 Å². The van der Waals surface area contributed by atoms with Gasteiger partial charge in [-0.25, -0.2) is 0 Å². The summed E-state index contributed by atoms with van der Waals surface area (Å²) in [5.74, 6) is 0. The van der Waals surface area contributed by atoms with Crippen LogP contribution in [0.5, 0.6) is 0 Å². The fraction of sp³-hybridized carbons (Fsp3) is 1.00. The van der Waals surface area contributed by atoms with Crippen molar-refractivity contribution in [3.63, 3.8) is 0 Å². The molecule has 0 rings (SSSR count). The Hall–Kier alpha value is 20.6. The van der Waals surface area contributed by atoms with Gasteiger partial charge in [-0.15, -0.1) is 835 Å². The van der Waals surface area contributed by atoms with E-state index < -0.39 is 0 Å². The van der Waals surface area contributed by atoms with Crippen LogP contribution in [0.2, 0.25) is 0 Å². The molecule has 0 aromatic carbocycles. The van der Waals surface area contributed by atoms with Gasteiger partial charge in [0.05, 0.1) is 192 Å². The van der Waals surface area contributed by atoms with Gasteiger partial charge in [0.2, 0.25) is 0 Å². The lowest BCUT2D eigenvalue weighted by atomic mass is 11.9. The molecule has 0 aliphatic rings. The second kappa shape index (κ2) is 733. The predicted octanol–water partition coefficient (Wildman–Crippen LogP) is 46.2. The third-order valence-electron chi connectivity index (χ3n) is 0. The Bertz CT molecular complexity index is 319. The smallest absolute Gasteiger partial charge is 0.0967 e. The highest BCUT2D eigenvalue weighted by molar-refractivity contribution is 6.50. The lowest BCUT2D eigenvalue weighted by molar-refractivity contribution is 0.823. The minimum absolute atomic E-state index is 0. The van der Waals surface area contributed by atoms with Crippen LogP contribution in [-0.4, -0.2) is 225 Å². The molecule has 6 nitrogen and oxygen atoms in total. The van der Waals surface area contributed by atoms with E-state index in [4.69, 9.17) is 835 Å². The van der Waals surface area contributed by atoms with Crippen LogP contribution in [0.3, 0.4) is 0 Å². The van der Waals surface area contributed by atoms with Crippen molar-refractivity contribution in [2.24, 2.45) is 0 Å². The van der Waals surface area contributed by atoms with Crippen LogP contribution >= 0.6 is 835 Å². The summed E-state index contributed by atoms with van der Waals surface area (Å²) in [4.78, 5) is 0. The van der Waals surface area contributed by atoms with Gasteiger partial charge in [-0.3, -0.25) is 0 Å². The van der Waals surface area contributed by atoms with E-state index in [0.717, 1.165) is 0 Å². The summed E-state index contributed by atoms with van der Waals surface area (Å²) in [7, 11) is 0. The fourth-order valence-electron chi connectivity index (χ4n) is 0. The number of hydrogen-bond donors (Lipinski definition) is 0. The Kier molecular flexibility index (Phi) is 1800. The highest BCUT2D eigenvalue weighted by atomic mass is 35.6. The zero-order valence-electron chi connectivity index (χ0n) is 55.7. The maximum absolute atomic E-state index is 4.76. The van der Waals surface area contributed by atoms with Gasteiger partial charge in [-0.1, -0.05) is 0 Å². The Balaban J connectivity index is -0.0000000117. The zero-order valence-corrected chi connectivity index (χ0v) is 110. The van der Waals surface area contributed by atoms with Crippen molar-refractivity contribution < 1.29 is 32.9 Å². The summed E-state index contributed by atoms with van der Waals surface area (Å²) in [6.07, 6.45) is 0. The summed E-state index contributed by atoms with van der Waals surface area (Å²) in [6.45, 7) is 0. The Morgan fingerprint density at radius 2 is 0.0439 bits per heavy atom. The van der Waals surface area contributed by atoms with Crippen molar-refractivity contribution in [2.45, 2.75) is 0 Å². The van der Waals surface area contributed by atoms with E-state index in [0.29, 0.717) is 0 Å². The molecule has 0 amide bonds. The summed E-state index contributed by atoms with van der Waals surface area (Å²) in [6, 6.07) is 0. The zero-order chi connectivity index (χ0) is 97.5. The van der Waals surface area contributed by atoms with E-state index in [2.05, 4.69) is 0 Å². The van der Waals surface area contributed by atoms with Crippen molar-refractivity contribution >= 4 is 835 Å². The van der Waals surface area contributed by atoms with E-state index in [9.17, 15) is 0 Å². The predicted molar refractivity (Wildman–Crippen MR) is 618 cm³/mol. The Morgan fingerprint density at radius 3 is 0.0439 bits per heavy atom. The topological polar surface area (TPSA) is 189 Å². The van der Waals surface area contributed by atoms with Crippen LogP contribution in [0.25, 0.3) is 0 Å². The third kappa shape index (κ3) is 5400. The number of halogens is 72. The molecular weight excluding hydrogens is 3080 g/mol. The quantitative estimate of drug-likeness (QED) is 0.209. The average Bonchev–Trinajstić information content (AvgIpc) is 3.55. The largest absolute Gasteiger partial charge is 0.412 e. The molecule has 0 saturated carbocycles. The van der Waals surface area contributed by atoms with Crippen LogP contribution in [-0.2, 0) is 0 Å². The second-order valence-corrected chi connectivity index (χ2v) is 32.7. The molecule has 0 fully saturated rings. The maximum Gasteiger partial charge on any atom is 0.0967 e. The summed E-state index contributed by atoms with van der Waals surface area (Å²) < 4.78 is 0. The van der Waals surface area contributed by atoms with Gasteiger partial charge in [0.15, 0.2) is 0 Å². The molecule has 0 heterocycles. The first kappa shape index (κ1) is 280. The van der Waals surface area contributed by atoms with Gasteiger partial charge in [0.1, 0.15) is 0 Å². The second-order valence-electron chi connectivity index (χ2n) is 3.64. The molecule has 0 spiro atoms. The van der Waals surface area contributed by atoms with Gasteiger partial charge in [0, 0.05) is 0 Å². The number of hydrogen-bond acceptors (Lipinski definition) is 0. The molecular formula is C36H84Cl72O6. The van der Waals surface area contributed by atoms with E-state index in [1.165, 1.54) is 0 Å². The van der Waals surface area contributed by atoms with E-state index in [-0.39, 0.29) is 225 Å². The Labute approximate surface area is 1040 Å². The molecule has 0 aromatic rings. The minimum atomic E-state index is 0. The summed E-state index contributed by atoms with van der Waals surface area (Å²) in [5, 5.41) is 7.00. The molecule has 0 bridgehead atoms. The highest BCUT2D eigenvalue weighted by Gasteiger charge is 1.51. The van der Waals surface area contributed by atoms with Crippen LogP contribution in [0.1, 0.15) is 0 Å². The standard InChI is InChI=1S/36CH2Cl2.6H2O/c36*2-1-3;;;;;;/h36*1H2;6*1H2. The van der Waals surface area contributed by atoms with Crippen LogP contribution in [0.4, 0.5) is 0 Å². The molecule has 0 unspecified atom stereocenters. The van der Waals surface area contributed by atoms with E-state index >= 15 is 0 Å². The molecule has 12 N–H and O–H groups in total. The molecule has 768 valence electrons. The molecule has 0 aromatic heterocycles. The molecule has 78 heteroatoms. The van der Waals surface area contributed by atoms with Crippen molar-refractivity contribution in [1.29, 1.82) is 0 Å². The molecule has 0 radical (unpaired) electrons. The first-order chi connectivity index (χ1) is 50.9. The van der Waals surface area contributed by atoms with Crippen molar-refractivity contribution in [3.8, 4) is 0 Å². The van der Waals surface area contributed by atoms with Gasteiger partial charge < -0.3 is 32.9 Å². The first-order valence-electron chi connectivity index (χ1n) is 19.2. The van der Waals surface area contributed by atoms with Gasteiger partial charge in [0.25, 0.3) is 0 Å². The third-order valence-corrected chi connectivity index (χ3v) is 0. The minimum Gasteiger partial charge on any atom is -0.412 e. The summed E-state index contributed by atoms with van der Waals surface area (Å²) >= 11 is 343. The molecule has 0 aliphatic carbocycles. The van der Waals surface area contributed by atoms with Crippen LogP contribution in [0, 0.1) is 0 Å². The molecule has 114 heavy (non-hydrogen) atoms. The molecule has 0 atom stereocenters. The van der Waals surface area contributed by atoms with E-state index in [1.807, 2.05) is 0 Å². The van der Waals surface area contributed by atoms with E-state index in [1.54, 1.807) is 0 Å². The molecule has 0 saturated heterocycles. The monoisotopic (exact) mass is 3130 g/mol. The fourth-order valence-corrected chi connectivity index (χ4v) is 0. The van der Waals surface area contributed by atoms with Crippen molar-refractivity contribution in [3.05, 3.63) is 0 Å². The molecule has 0 aliphatic heterocycles. The first-order valence-corrected chi connectivity index (χ1v) is 57.7. The average molecular weight is 3170 g/mol. The number of alkyl halides is 72. The van der Waals surface area contributed by atoms with Gasteiger partial charge >= 0.3 is 0 Å². The Morgan fingerprint density at radius 1 is 0.0439 bits per heavy atom. The lowest BCUT2D eigenvalue weighted by Gasteiger charge is -1.42. The number of rotatable bonds is 0. The lowest BCUT2D eigenvalue weighted by Crippen LogP contribution is -1.24. The summed E-state index contributed by atoms with van der Waals surface area (Å²) in [5.41, 5.74) is 0. The van der Waals surface area contributed by atoms with Crippen molar-refractivity contribution in [2.75, 3.05) is 192 Å². The maximum atomic E-state index is 4.76. The van der Waals surface area contributed by atoms with Crippen molar-refractivity contribution in [1.82, 2.24) is 0 Å². The highest BCUT2D eigenvalue weighted by Crippen LogP contribution is 1.83. The normalized spacial score (nSPS) is 5.68. The van der Waals surface area contributed by atoms with Gasteiger partial charge in [-0.2, -0.15) is 0 Å². The van der Waals surface area contributed by atoms with Crippen LogP contribution < -0.4 is 0 Å².